The number of oxime groups is 1. The van der Waals surface area contributed by atoms with E-state index in [1.54, 1.807) is 19.5 Å². The average Bonchev–Trinajstić information content (AvgIpc) is 3.08. The molecule has 0 radical (unpaired) electrons. The van der Waals surface area contributed by atoms with Gasteiger partial charge in [0.25, 0.3) is 5.19 Å². The SMILES string of the molecule is CCOc1ccc(Oc2ncc(/C=N/OC[C@H](C)NC(=O)NC)s2)c(Br)c1. The molecule has 2 aromatic rings. The monoisotopic (exact) mass is 456 g/mol. The maximum Gasteiger partial charge on any atom is 0.314 e. The van der Waals surface area contributed by atoms with Crippen molar-refractivity contribution < 1.29 is 19.1 Å². The molecule has 1 aromatic carbocycles. The minimum atomic E-state index is -0.264. The van der Waals surface area contributed by atoms with Crippen molar-refractivity contribution in [3.05, 3.63) is 33.7 Å². The molecule has 0 aliphatic rings. The van der Waals surface area contributed by atoms with Crippen molar-refractivity contribution in [1.29, 1.82) is 0 Å². The molecule has 8 nitrogen and oxygen atoms in total. The molecular weight excluding hydrogens is 436 g/mol. The topological polar surface area (TPSA) is 94.1 Å². The zero-order valence-electron chi connectivity index (χ0n) is 15.2. The number of aromatic nitrogens is 1. The zero-order chi connectivity index (χ0) is 19.6. The molecule has 10 heteroatoms. The summed E-state index contributed by atoms with van der Waals surface area (Å²) in [4.78, 5) is 21.3. The molecule has 0 unspecified atom stereocenters. The van der Waals surface area contributed by atoms with E-state index in [0.717, 1.165) is 15.1 Å². The second-order valence-corrected chi connectivity index (χ2v) is 7.19. The van der Waals surface area contributed by atoms with Gasteiger partial charge in [0.05, 0.1) is 34.4 Å². The van der Waals surface area contributed by atoms with Crippen LogP contribution in [0.25, 0.3) is 0 Å². The lowest BCUT2D eigenvalue weighted by atomic mass is 10.3. The summed E-state index contributed by atoms with van der Waals surface area (Å²) in [6.07, 6.45) is 3.19. The molecule has 0 bridgehead atoms. The lowest BCUT2D eigenvalue weighted by Gasteiger charge is -2.11. The number of nitrogens with zero attached hydrogens (tertiary/aromatic N) is 2. The fourth-order valence-corrected chi connectivity index (χ4v) is 2.95. The number of benzene rings is 1. The summed E-state index contributed by atoms with van der Waals surface area (Å²) in [6, 6.07) is 5.06. The van der Waals surface area contributed by atoms with E-state index >= 15 is 0 Å². The van der Waals surface area contributed by atoms with Crippen molar-refractivity contribution in [2.24, 2.45) is 5.16 Å². The molecule has 0 saturated heterocycles. The first-order chi connectivity index (χ1) is 13.0. The first kappa shape index (κ1) is 21.0. The van der Waals surface area contributed by atoms with Crippen LogP contribution < -0.4 is 20.1 Å². The van der Waals surface area contributed by atoms with Crippen molar-refractivity contribution in [1.82, 2.24) is 15.6 Å². The summed E-state index contributed by atoms with van der Waals surface area (Å²) >= 11 is 4.79. The normalized spacial score (nSPS) is 11.9. The molecule has 1 aromatic heterocycles. The second-order valence-electron chi connectivity index (χ2n) is 5.31. The van der Waals surface area contributed by atoms with E-state index in [9.17, 15) is 4.79 Å². The Morgan fingerprint density at radius 3 is 3.00 bits per heavy atom. The lowest BCUT2D eigenvalue weighted by molar-refractivity contribution is 0.127. The number of amides is 2. The number of carbonyl (C=O) groups is 1. The van der Waals surface area contributed by atoms with Gasteiger partial charge in [0.2, 0.25) is 0 Å². The number of nitrogens with one attached hydrogen (secondary N) is 2. The first-order valence-corrected chi connectivity index (χ1v) is 9.82. The molecule has 2 N–H and O–H groups in total. The average molecular weight is 457 g/mol. The van der Waals surface area contributed by atoms with Crippen LogP contribution in [0.2, 0.25) is 0 Å². The molecule has 0 aliphatic carbocycles. The van der Waals surface area contributed by atoms with Crippen LogP contribution >= 0.6 is 27.3 Å². The first-order valence-electron chi connectivity index (χ1n) is 8.21. The highest BCUT2D eigenvalue weighted by Crippen LogP contribution is 2.34. The van der Waals surface area contributed by atoms with E-state index in [-0.39, 0.29) is 18.7 Å². The van der Waals surface area contributed by atoms with Gasteiger partial charge >= 0.3 is 6.03 Å². The van der Waals surface area contributed by atoms with Gasteiger partial charge in [0.15, 0.2) is 0 Å². The Labute approximate surface area is 170 Å². The molecule has 27 heavy (non-hydrogen) atoms. The van der Waals surface area contributed by atoms with Crippen molar-refractivity contribution in [3.8, 4) is 16.7 Å². The Kier molecular flexibility index (Phi) is 8.34. The number of halogens is 1. The number of thiazole rings is 1. The summed E-state index contributed by atoms with van der Waals surface area (Å²) in [7, 11) is 1.55. The molecule has 0 aliphatic heterocycles. The minimum absolute atomic E-state index is 0.167. The van der Waals surface area contributed by atoms with Gasteiger partial charge in [-0.3, -0.25) is 0 Å². The summed E-state index contributed by atoms with van der Waals surface area (Å²) in [5, 5.41) is 9.52. The van der Waals surface area contributed by atoms with Crippen molar-refractivity contribution >= 4 is 39.5 Å². The van der Waals surface area contributed by atoms with Crippen LogP contribution in [0.3, 0.4) is 0 Å². The van der Waals surface area contributed by atoms with Crippen molar-refractivity contribution in [2.75, 3.05) is 20.3 Å². The highest BCUT2D eigenvalue weighted by Gasteiger charge is 2.08. The van der Waals surface area contributed by atoms with Crippen LogP contribution in [0.1, 0.15) is 18.7 Å². The Morgan fingerprint density at radius 1 is 1.48 bits per heavy atom. The van der Waals surface area contributed by atoms with Gasteiger partial charge in [-0.15, -0.1) is 0 Å². The van der Waals surface area contributed by atoms with Crippen molar-refractivity contribution in [2.45, 2.75) is 19.9 Å². The lowest BCUT2D eigenvalue weighted by Crippen LogP contribution is -2.40. The van der Waals surface area contributed by atoms with Gasteiger partial charge in [-0.05, 0) is 48.0 Å². The Hall–Kier alpha value is -2.33. The van der Waals surface area contributed by atoms with Crippen LogP contribution in [0, 0.1) is 0 Å². The van der Waals surface area contributed by atoms with E-state index < -0.39 is 0 Å². The third kappa shape index (κ3) is 7.06. The number of hydrogen-bond acceptors (Lipinski definition) is 7. The minimum Gasteiger partial charge on any atom is -0.494 e. The molecule has 2 amide bonds. The summed E-state index contributed by atoms with van der Waals surface area (Å²) in [6.45, 7) is 4.60. The molecule has 0 saturated carbocycles. The maximum absolute atomic E-state index is 11.2. The predicted molar refractivity (Wildman–Crippen MR) is 108 cm³/mol. The van der Waals surface area contributed by atoms with Crippen LogP contribution in [0.4, 0.5) is 4.79 Å². The van der Waals surface area contributed by atoms with Gasteiger partial charge in [-0.25, -0.2) is 9.78 Å². The molecule has 0 fully saturated rings. The standard InChI is InChI=1S/C17H21BrN4O4S/c1-4-24-12-5-6-15(14(18)7-12)26-17-20-8-13(27-17)9-21-25-10-11(2)22-16(23)19-3/h5-9,11H,4,10H2,1-3H3,(H2,19,22,23)/b21-9+/t11-/m0/s1. The van der Waals surface area contributed by atoms with Gasteiger partial charge in [-0.1, -0.05) is 16.5 Å². The number of urea groups is 1. The van der Waals surface area contributed by atoms with E-state index in [1.807, 2.05) is 32.0 Å². The molecule has 146 valence electrons. The summed E-state index contributed by atoms with van der Waals surface area (Å²) in [5.74, 6) is 1.41. The molecule has 1 heterocycles. The Morgan fingerprint density at radius 2 is 2.30 bits per heavy atom. The van der Waals surface area contributed by atoms with Gasteiger partial charge in [0.1, 0.15) is 18.1 Å². The molecule has 2 rings (SSSR count). The largest absolute Gasteiger partial charge is 0.494 e. The van der Waals surface area contributed by atoms with Crippen LogP contribution in [-0.2, 0) is 4.84 Å². The quantitative estimate of drug-likeness (QED) is 0.442. The van der Waals surface area contributed by atoms with Gasteiger partial charge in [-0.2, -0.15) is 0 Å². The summed E-state index contributed by atoms with van der Waals surface area (Å²) in [5.41, 5.74) is 0. The third-order valence-electron chi connectivity index (χ3n) is 3.10. The summed E-state index contributed by atoms with van der Waals surface area (Å²) < 4.78 is 12.0. The number of hydrogen-bond donors (Lipinski definition) is 2. The Bertz CT molecular complexity index is 784. The van der Waals surface area contributed by atoms with Crippen LogP contribution in [-0.4, -0.2) is 43.5 Å². The Balaban J connectivity index is 1.85. The van der Waals surface area contributed by atoms with E-state index in [4.69, 9.17) is 14.3 Å². The van der Waals surface area contributed by atoms with Gasteiger partial charge < -0.3 is 24.9 Å². The van der Waals surface area contributed by atoms with Crippen molar-refractivity contribution in [3.63, 3.8) is 0 Å². The maximum atomic E-state index is 11.2. The zero-order valence-corrected chi connectivity index (χ0v) is 17.6. The number of rotatable bonds is 9. The predicted octanol–water partition coefficient (Wildman–Crippen LogP) is 3.76. The molecule has 1 atom stereocenters. The molecular formula is C17H21BrN4O4S. The van der Waals surface area contributed by atoms with E-state index in [1.165, 1.54) is 11.3 Å². The van der Waals surface area contributed by atoms with Gasteiger partial charge in [0, 0.05) is 7.05 Å². The number of ether oxygens (including phenoxy) is 2. The highest BCUT2D eigenvalue weighted by molar-refractivity contribution is 9.10. The smallest absolute Gasteiger partial charge is 0.314 e. The number of carbonyl (C=O) groups excluding carboxylic acids is 1. The fourth-order valence-electron chi connectivity index (χ4n) is 1.87. The fraction of sp³-hybridized carbons (Fsp3) is 0.353. The van der Waals surface area contributed by atoms with E-state index in [0.29, 0.717) is 17.6 Å². The molecule has 0 spiro atoms. The third-order valence-corrected chi connectivity index (χ3v) is 4.53. The van der Waals surface area contributed by atoms with Crippen LogP contribution in [0.15, 0.2) is 34.0 Å². The highest BCUT2D eigenvalue weighted by atomic mass is 79.9. The van der Waals surface area contributed by atoms with Crippen LogP contribution in [0.5, 0.6) is 16.7 Å². The second kappa shape index (κ2) is 10.7. The van der Waals surface area contributed by atoms with E-state index in [2.05, 4.69) is 36.7 Å².